The quantitative estimate of drug-likeness (QED) is 0.297. The van der Waals surface area contributed by atoms with Gasteiger partial charge in [-0.3, -0.25) is 0 Å². The SMILES string of the molecule is O=[N+]([O-])c1ncccc1C#CCCl. The summed E-state index contributed by atoms with van der Waals surface area (Å²) in [4.78, 5) is 13.4. The Morgan fingerprint density at radius 1 is 1.69 bits per heavy atom. The normalized spacial score (nSPS) is 8.69. The topological polar surface area (TPSA) is 56.0 Å². The van der Waals surface area contributed by atoms with Crippen LogP contribution in [0.3, 0.4) is 0 Å². The molecule has 1 aromatic heterocycles. The minimum Gasteiger partial charge on any atom is -0.358 e. The highest BCUT2D eigenvalue weighted by atomic mass is 35.5. The average Bonchev–Trinajstić information content (AvgIpc) is 2.15. The molecule has 0 saturated heterocycles. The summed E-state index contributed by atoms with van der Waals surface area (Å²) in [5.41, 5.74) is 0.285. The van der Waals surface area contributed by atoms with Crippen molar-refractivity contribution in [2.24, 2.45) is 0 Å². The van der Waals surface area contributed by atoms with E-state index in [1.807, 2.05) is 0 Å². The van der Waals surface area contributed by atoms with Gasteiger partial charge < -0.3 is 10.1 Å². The highest BCUT2D eigenvalue weighted by Gasteiger charge is 2.10. The van der Waals surface area contributed by atoms with Crippen LogP contribution >= 0.6 is 11.6 Å². The number of aromatic nitrogens is 1. The molecular formula is C8H5ClN2O2. The molecule has 0 aliphatic heterocycles. The van der Waals surface area contributed by atoms with E-state index in [0.29, 0.717) is 0 Å². The first kappa shape index (κ1) is 9.49. The number of halogens is 1. The molecule has 1 rings (SSSR count). The van der Waals surface area contributed by atoms with Crippen molar-refractivity contribution in [2.75, 3.05) is 5.88 Å². The van der Waals surface area contributed by atoms with Gasteiger partial charge in [0.25, 0.3) is 0 Å². The van der Waals surface area contributed by atoms with Crippen LogP contribution in [0.5, 0.6) is 0 Å². The van der Waals surface area contributed by atoms with E-state index in [1.165, 1.54) is 12.3 Å². The Labute approximate surface area is 79.7 Å². The largest absolute Gasteiger partial charge is 0.379 e. The van der Waals surface area contributed by atoms with Crippen LogP contribution in [0.4, 0.5) is 5.82 Å². The lowest BCUT2D eigenvalue weighted by Crippen LogP contribution is -1.94. The maximum absolute atomic E-state index is 10.4. The monoisotopic (exact) mass is 196 g/mol. The zero-order valence-corrected chi connectivity index (χ0v) is 7.28. The Balaban J connectivity index is 3.12. The van der Waals surface area contributed by atoms with Crippen molar-refractivity contribution in [3.05, 3.63) is 34.0 Å². The van der Waals surface area contributed by atoms with Gasteiger partial charge >= 0.3 is 5.82 Å². The van der Waals surface area contributed by atoms with Crippen LogP contribution in [0.25, 0.3) is 0 Å². The Hall–Kier alpha value is -1.60. The molecule has 1 heterocycles. The van der Waals surface area contributed by atoms with Crippen molar-refractivity contribution in [1.29, 1.82) is 0 Å². The van der Waals surface area contributed by atoms with E-state index in [1.54, 1.807) is 6.07 Å². The molecule has 0 fully saturated rings. The Kier molecular flexibility index (Phi) is 3.23. The molecule has 0 saturated carbocycles. The number of rotatable bonds is 1. The molecule has 0 aliphatic carbocycles. The summed E-state index contributed by atoms with van der Waals surface area (Å²) in [7, 11) is 0. The third kappa shape index (κ3) is 2.42. The van der Waals surface area contributed by atoms with Gasteiger partial charge in [-0.1, -0.05) is 11.8 Å². The second kappa shape index (κ2) is 4.43. The highest BCUT2D eigenvalue weighted by molar-refractivity contribution is 6.19. The predicted octanol–water partition coefficient (Wildman–Crippen LogP) is 1.58. The van der Waals surface area contributed by atoms with Crippen LogP contribution in [-0.4, -0.2) is 15.8 Å². The van der Waals surface area contributed by atoms with Gasteiger partial charge in [-0.2, -0.15) is 0 Å². The van der Waals surface area contributed by atoms with Gasteiger partial charge in [-0.25, -0.2) is 0 Å². The Morgan fingerprint density at radius 3 is 3.08 bits per heavy atom. The molecule has 0 N–H and O–H groups in total. The maximum atomic E-state index is 10.4. The molecule has 66 valence electrons. The van der Waals surface area contributed by atoms with E-state index in [2.05, 4.69) is 16.8 Å². The number of hydrogen-bond acceptors (Lipinski definition) is 3. The number of pyridine rings is 1. The van der Waals surface area contributed by atoms with E-state index < -0.39 is 4.92 Å². The zero-order chi connectivity index (χ0) is 9.68. The third-order valence-corrected chi connectivity index (χ3v) is 1.38. The number of nitrogens with zero attached hydrogens (tertiary/aromatic N) is 2. The summed E-state index contributed by atoms with van der Waals surface area (Å²) < 4.78 is 0. The fourth-order valence-electron chi connectivity index (χ4n) is 0.769. The lowest BCUT2D eigenvalue weighted by Gasteiger charge is -1.92. The van der Waals surface area contributed by atoms with Crippen molar-refractivity contribution >= 4 is 17.4 Å². The molecule has 4 nitrogen and oxygen atoms in total. The first-order valence-corrected chi connectivity index (χ1v) is 3.93. The van der Waals surface area contributed by atoms with Crippen molar-refractivity contribution < 1.29 is 4.92 Å². The van der Waals surface area contributed by atoms with Gasteiger partial charge in [0.2, 0.25) is 0 Å². The zero-order valence-electron chi connectivity index (χ0n) is 6.53. The summed E-state index contributed by atoms with van der Waals surface area (Å²) in [6, 6.07) is 3.12. The van der Waals surface area contributed by atoms with E-state index in [9.17, 15) is 10.1 Å². The van der Waals surface area contributed by atoms with Crippen molar-refractivity contribution in [3.63, 3.8) is 0 Å². The number of nitro groups is 1. The van der Waals surface area contributed by atoms with E-state index in [4.69, 9.17) is 11.6 Å². The van der Waals surface area contributed by atoms with Crippen molar-refractivity contribution in [1.82, 2.24) is 4.98 Å². The predicted molar refractivity (Wildman–Crippen MR) is 48.5 cm³/mol. The van der Waals surface area contributed by atoms with Crippen molar-refractivity contribution in [3.8, 4) is 11.8 Å². The van der Waals surface area contributed by atoms with E-state index in [-0.39, 0.29) is 17.3 Å². The minimum atomic E-state index is -0.571. The molecular weight excluding hydrogens is 192 g/mol. The second-order valence-corrected chi connectivity index (χ2v) is 2.33. The minimum absolute atomic E-state index is 0.145. The molecule has 0 radical (unpaired) electrons. The van der Waals surface area contributed by atoms with Gasteiger partial charge in [0, 0.05) is 0 Å². The molecule has 1 aromatic rings. The molecule has 0 bridgehead atoms. The Bertz CT molecular complexity index is 381. The highest BCUT2D eigenvalue weighted by Crippen LogP contribution is 2.11. The summed E-state index contributed by atoms with van der Waals surface area (Å²) >= 11 is 5.32. The first-order valence-electron chi connectivity index (χ1n) is 3.40. The van der Waals surface area contributed by atoms with Crippen LogP contribution < -0.4 is 0 Å². The van der Waals surface area contributed by atoms with E-state index in [0.717, 1.165) is 0 Å². The fraction of sp³-hybridized carbons (Fsp3) is 0.125. The fourth-order valence-corrected chi connectivity index (χ4v) is 0.835. The standard InChI is InChI=1S/C8H5ClN2O2/c9-5-1-3-7-4-2-6-10-8(7)11(12)13/h2,4,6H,5H2. The molecule has 0 aliphatic rings. The summed E-state index contributed by atoms with van der Waals surface area (Å²) in [5, 5.41) is 10.4. The van der Waals surface area contributed by atoms with Crippen LogP contribution in [0, 0.1) is 22.0 Å². The van der Waals surface area contributed by atoms with Gasteiger partial charge in [0.05, 0.1) is 5.88 Å². The molecule has 5 heteroatoms. The molecule has 13 heavy (non-hydrogen) atoms. The van der Waals surface area contributed by atoms with Crippen LogP contribution in [0.1, 0.15) is 5.56 Å². The average molecular weight is 197 g/mol. The van der Waals surface area contributed by atoms with Crippen LogP contribution in [0.2, 0.25) is 0 Å². The molecule has 0 aromatic carbocycles. The molecule has 0 unspecified atom stereocenters. The first-order chi connectivity index (χ1) is 6.25. The molecule has 0 spiro atoms. The summed E-state index contributed by atoms with van der Waals surface area (Å²) in [5.74, 6) is 5.00. The third-order valence-electron chi connectivity index (χ3n) is 1.25. The number of alkyl halides is 1. The summed E-state index contributed by atoms with van der Waals surface area (Å²) in [6.45, 7) is 0. The van der Waals surface area contributed by atoms with Crippen LogP contribution in [0.15, 0.2) is 18.3 Å². The van der Waals surface area contributed by atoms with E-state index >= 15 is 0 Å². The van der Waals surface area contributed by atoms with Crippen molar-refractivity contribution in [2.45, 2.75) is 0 Å². The lowest BCUT2D eigenvalue weighted by atomic mass is 10.2. The number of hydrogen-bond donors (Lipinski definition) is 0. The smallest absolute Gasteiger partial charge is 0.358 e. The van der Waals surface area contributed by atoms with Gasteiger partial charge in [0.15, 0.2) is 0 Å². The Morgan fingerprint density at radius 2 is 2.46 bits per heavy atom. The maximum Gasteiger partial charge on any atom is 0.379 e. The molecule has 0 amide bonds. The van der Waals surface area contributed by atoms with Crippen LogP contribution in [-0.2, 0) is 0 Å². The molecule has 0 atom stereocenters. The van der Waals surface area contributed by atoms with Gasteiger partial charge in [0.1, 0.15) is 11.8 Å². The lowest BCUT2D eigenvalue weighted by molar-refractivity contribution is -0.389. The summed E-state index contributed by atoms with van der Waals surface area (Å²) in [6.07, 6.45) is 1.35. The second-order valence-electron chi connectivity index (χ2n) is 2.07. The van der Waals surface area contributed by atoms with Gasteiger partial charge in [-0.15, -0.1) is 11.6 Å². The van der Waals surface area contributed by atoms with Gasteiger partial charge in [-0.05, 0) is 22.0 Å².